The molecule has 21 heavy (non-hydrogen) atoms. The number of nitrogens with one attached hydrogen (secondary N) is 1. The lowest BCUT2D eigenvalue weighted by Gasteiger charge is -2.10. The Labute approximate surface area is 123 Å². The normalized spacial score (nSPS) is 10.8. The van der Waals surface area contributed by atoms with E-state index in [9.17, 15) is 0 Å². The number of rotatable bonds is 4. The van der Waals surface area contributed by atoms with Crippen LogP contribution in [-0.2, 0) is 6.54 Å². The van der Waals surface area contributed by atoms with Crippen LogP contribution in [0, 0.1) is 11.3 Å². The molecule has 5 nitrogen and oxygen atoms in total. The predicted molar refractivity (Wildman–Crippen MR) is 83.1 cm³/mol. The molecule has 0 aliphatic carbocycles. The lowest BCUT2D eigenvalue weighted by Crippen LogP contribution is -2.22. The summed E-state index contributed by atoms with van der Waals surface area (Å²) in [7, 11) is 1.60. The second kappa shape index (κ2) is 6.96. The van der Waals surface area contributed by atoms with Gasteiger partial charge in [-0.3, -0.25) is 0 Å². The predicted octanol–water partition coefficient (Wildman–Crippen LogP) is 2.49. The molecule has 106 valence electrons. The minimum absolute atomic E-state index is 0.293. The highest BCUT2D eigenvalue weighted by Crippen LogP contribution is 2.22. The zero-order chi connectivity index (χ0) is 15.1. The lowest BCUT2D eigenvalue weighted by molar-refractivity contribution is 0.417. The van der Waals surface area contributed by atoms with Crippen LogP contribution >= 0.6 is 0 Å². The molecule has 0 saturated heterocycles. The molecule has 2 rings (SSSR count). The Balaban J connectivity index is 2.06. The average Bonchev–Trinajstić information content (AvgIpc) is 2.53. The van der Waals surface area contributed by atoms with E-state index < -0.39 is 0 Å². The van der Waals surface area contributed by atoms with E-state index in [0.29, 0.717) is 23.8 Å². The molecular formula is C16H16N4O. The van der Waals surface area contributed by atoms with Crippen molar-refractivity contribution in [2.24, 2.45) is 10.7 Å². The molecule has 0 saturated carbocycles. The first-order valence-corrected chi connectivity index (χ1v) is 6.42. The zero-order valence-corrected chi connectivity index (χ0v) is 11.7. The highest BCUT2D eigenvalue weighted by molar-refractivity contribution is 5.93. The van der Waals surface area contributed by atoms with Crippen LogP contribution in [-0.4, -0.2) is 13.1 Å². The zero-order valence-electron chi connectivity index (χ0n) is 11.7. The first kappa shape index (κ1) is 14.4. The van der Waals surface area contributed by atoms with Gasteiger partial charge in [-0.05, 0) is 29.8 Å². The minimum Gasteiger partial charge on any atom is -0.495 e. The van der Waals surface area contributed by atoms with Crippen molar-refractivity contribution in [3.8, 4) is 11.8 Å². The van der Waals surface area contributed by atoms with Gasteiger partial charge in [-0.1, -0.05) is 24.3 Å². The number of anilines is 1. The molecule has 2 aromatic rings. The number of nitrogens with two attached hydrogens (primary N) is 1. The maximum atomic E-state index is 8.86. The van der Waals surface area contributed by atoms with Gasteiger partial charge in [0.1, 0.15) is 5.75 Å². The van der Waals surface area contributed by atoms with Gasteiger partial charge in [0.2, 0.25) is 0 Å². The van der Waals surface area contributed by atoms with E-state index in [2.05, 4.69) is 16.4 Å². The molecule has 0 fully saturated rings. The van der Waals surface area contributed by atoms with Gasteiger partial charge >= 0.3 is 0 Å². The van der Waals surface area contributed by atoms with Crippen molar-refractivity contribution in [3.05, 3.63) is 59.7 Å². The van der Waals surface area contributed by atoms with Gasteiger partial charge in [-0.25, -0.2) is 4.99 Å². The summed E-state index contributed by atoms with van der Waals surface area (Å²) in [6.45, 7) is 0.406. The quantitative estimate of drug-likeness (QED) is 0.665. The summed E-state index contributed by atoms with van der Waals surface area (Å²) < 4.78 is 5.23. The molecular weight excluding hydrogens is 264 g/mol. The number of ether oxygens (including phenoxy) is 1. The number of nitrogens with zero attached hydrogens (tertiary/aromatic N) is 2. The van der Waals surface area contributed by atoms with Gasteiger partial charge in [-0.2, -0.15) is 5.26 Å². The van der Waals surface area contributed by atoms with Crippen molar-refractivity contribution in [1.82, 2.24) is 0 Å². The summed E-state index contributed by atoms with van der Waals surface area (Å²) in [6.07, 6.45) is 0. The molecule has 5 heteroatoms. The van der Waals surface area contributed by atoms with E-state index in [1.54, 1.807) is 19.2 Å². The van der Waals surface area contributed by atoms with Crippen molar-refractivity contribution in [2.45, 2.75) is 6.54 Å². The number of nitriles is 1. The second-order valence-electron chi connectivity index (χ2n) is 4.34. The van der Waals surface area contributed by atoms with Crippen LogP contribution < -0.4 is 15.8 Å². The van der Waals surface area contributed by atoms with Crippen LogP contribution in [0.4, 0.5) is 5.69 Å². The van der Waals surface area contributed by atoms with Crippen LogP contribution in [0.2, 0.25) is 0 Å². The fourth-order valence-corrected chi connectivity index (χ4v) is 1.84. The summed E-state index contributed by atoms with van der Waals surface area (Å²) in [5.41, 5.74) is 8.16. The first-order chi connectivity index (χ1) is 10.2. The van der Waals surface area contributed by atoms with E-state index in [-0.39, 0.29) is 0 Å². The van der Waals surface area contributed by atoms with Crippen molar-refractivity contribution >= 4 is 11.6 Å². The molecule has 0 amide bonds. The molecule has 0 unspecified atom stereocenters. The van der Waals surface area contributed by atoms with Crippen molar-refractivity contribution in [2.75, 3.05) is 12.4 Å². The van der Waals surface area contributed by atoms with E-state index in [1.165, 1.54) is 0 Å². The summed E-state index contributed by atoms with van der Waals surface area (Å²) >= 11 is 0. The molecule has 0 aliphatic rings. The van der Waals surface area contributed by atoms with Crippen LogP contribution in [0.1, 0.15) is 11.1 Å². The first-order valence-electron chi connectivity index (χ1n) is 6.42. The number of para-hydroxylation sites is 2. The molecule has 0 spiro atoms. The number of guanidine groups is 1. The topological polar surface area (TPSA) is 83.4 Å². The van der Waals surface area contributed by atoms with E-state index in [0.717, 1.165) is 11.3 Å². The van der Waals surface area contributed by atoms with Gasteiger partial charge in [0.15, 0.2) is 5.96 Å². The Bertz CT molecular complexity index is 689. The smallest absolute Gasteiger partial charge is 0.193 e. The average molecular weight is 280 g/mol. The minimum atomic E-state index is 0.293. The summed E-state index contributed by atoms with van der Waals surface area (Å²) in [4.78, 5) is 4.26. The van der Waals surface area contributed by atoms with Gasteiger partial charge < -0.3 is 15.8 Å². The highest BCUT2D eigenvalue weighted by atomic mass is 16.5. The molecule has 0 heterocycles. The van der Waals surface area contributed by atoms with E-state index in [4.69, 9.17) is 15.7 Å². The fourth-order valence-electron chi connectivity index (χ4n) is 1.84. The fraction of sp³-hybridized carbons (Fsp3) is 0.125. The van der Waals surface area contributed by atoms with Crippen molar-refractivity contribution in [1.29, 1.82) is 5.26 Å². The largest absolute Gasteiger partial charge is 0.495 e. The summed E-state index contributed by atoms with van der Waals surface area (Å²) in [5, 5.41) is 11.9. The third-order valence-corrected chi connectivity index (χ3v) is 2.86. The van der Waals surface area contributed by atoms with Crippen molar-refractivity contribution < 1.29 is 4.74 Å². The summed E-state index contributed by atoms with van der Waals surface area (Å²) in [5.74, 6) is 0.990. The standard InChI is InChI=1S/C16H16N4O/c1-21-15-8-3-2-7-14(15)20-16(18)19-11-13-6-4-5-12(9-13)10-17/h2-9H,11H2,1H3,(H3,18,19,20). The van der Waals surface area contributed by atoms with Crippen LogP contribution in [0.25, 0.3) is 0 Å². The number of hydrogen-bond acceptors (Lipinski definition) is 3. The van der Waals surface area contributed by atoms with E-state index in [1.807, 2.05) is 36.4 Å². The van der Waals surface area contributed by atoms with Crippen molar-refractivity contribution in [3.63, 3.8) is 0 Å². The van der Waals surface area contributed by atoms with Gasteiger partial charge in [0.25, 0.3) is 0 Å². The molecule has 0 aliphatic heterocycles. The Morgan fingerprint density at radius 2 is 2.10 bits per heavy atom. The molecule has 0 radical (unpaired) electrons. The number of aliphatic imine (C=N–C) groups is 1. The number of benzene rings is 2. The molecule has 0 aromatic heterocycles. The Kier molecular flexibility index (Phi) is 4.78. The van der Waals surface area contributed by atoms with Gasteiger partial charge in [0.05, 0.1) is 31.0 Å². The Hall–Kier alpha value is -3.00. The number of methoxy groups -OCH3 is 1. The Morgan fingerprint density at radius 1 is 1.29 bits per heavy atom. The highest BCUT2D eigenvalue weighted by Gasteiger charge is 2.02. The third-order valence-electron chi connectivity index (χ3n) is 2.86. The molecule has 2 aromatic carbocycles. The van der Waals surface area contributed by atoms with Crippen LogP contribution in [0.3, 0.4) is 0 Å². The summed E-state index contributed by atoms with van der Waals surface area (Å²) in [6, 6.07) is 16.8. The maximum Gasteiger partial charge on any atom is 0.193 e. The van der Waals surface area contributed by atoms with Crippen LogP contribution in [0.5, 0.6) is 5.75 Å². The molecule has 0 bridgehead atoms. The van der Waals surface area contributed by atoms with Gasteiger partial charge in [0, 0.05) is 0 Å². The van der Waals surface area contributed by atoms with Gasteiger partial charge in [-0.15, -0.1) is 0 Å². The third kappa shape index (κ3) is 3.98. The monoisotopic (exact) mass is 280 g/mol. The van der Waals surface area contributed by atoms with Crippen LogP contribution in [0.15, 0.2) is 53.5 Å². The van der Waals surface area contributed by atoms with E-state index >= 15 is 0 Å². The molecule has 0 atom stereocenters. The molecule has 3 N–H and O–H groups in total. The SMILES string of the molecule is COc1ccccc1NC(N)=NCc1cccc(C#N)c1. The lowest BCUT2D eigenvalue weighted by atomic mass is 10.1. The second-order valence-corrected chi connectivity index (χ2v) is 4.34. The number of hydrogen-bond donors (Lipinski definition) is 2. The Morgan fingerprint density at radius 3 is 2.86 bits per heavy atom. The maximum absolute atomic E-state index is 8.86.